The molecule has 0 radical (unpaired) electrons. The second-order valence-electron chi connectivity index (χ2n) is 5.25. The minimum absolute atomic E-state index is 0.688. The molecule has 3 aromatic rings. The quantitative estimate of drug-likeness (QED) is 0.737. The summed E-state index contributed by atoms with van der Waals surface area (Å²) in [6.07, 6.45) is 3.30. The summed E-state index contributed by atoms with van der Waals surface area (Å²) >= 11 is 3.51. The van der Waals surface area contributed by atoms with Gasteiger partial charge in [0.1, 0.15) is 5.82 Å². The zero-order chi connectivity index (χ0) is 13.7. The molecule has 0 bridgehead atoms. The molecular weight excluding hydrogens is 314 g/mol. The lowest BCUT2D eigenvalue weighted by Crippen LogP contribution is -2.01. The maximum Gasteiger partial charge on any atom is 0.149 e. The number of hydrogen-bond acceptors (Lipinski definition) is 2. The maximum atomic E-state index is 6.02. The van der Waals surface area contributed by atoms with Crippen molar-refractivity contribution < 1.29 is 0 Å². The van der Waals surface area contributed by atoms with Gasteiger partial charge in [-0.05, 0) is 54.3 Å². The lowest BCUT2D eigenvalue weighted by Gasteiger charge is -2.07. The van der Waals surface area contributed by atoms with E-state index in [1.165, 1.54) is 28.5 Å². The van der Waals surface area contributed by atoms with Crippen molar-refractivity contribution in [3.63, 3.8) is 0 Å². The first-order chi connectivity index (χ1) is 9.72. The van der Waals surface area contributed by atoms with E-state index in [0.29, 0.717) is 5.82 Å². The summed E-state index contributed by atoms with van der Waals surface area (Å²) in [5.74, 6) is 0.688. The molecule has 4 heteroatoms. The first-order valence-electron chi connectivity index (χ1n) is 6.78. The summed E-state index contributed by atoms with van der Waals surface area (Å²) in [6, 6.07) is 12.7. The van der Waals surface area contributed by atoms with Crippen LogP contribution in [0, 0.1) is 0 Å². The maximum absolute atomic E-state index is 6.02. The zero-order valence-corrected chi connectivity index (χ0v) is 12.5. The second kappa shape index (κ2) is 4.35. The Morgan fingerprint density at radius 2 is 1.85 bits per heavy atom. The SMILES string of the molecule is Nc1nn(-c2ccc3cc(Br)ccc3c2)c2c1CCC2. The summed E-state index contributed by atoms with van der Waals surface area (Å²) in [4.78, 5) is 0. The molecule has 0 aliphatic heterocycles. The van der Waals surface area contributed by atoms with Gasteiger partial charge in [-0.3, -0.25) is 0 Å². The number of halogens is 1. The Morgan fingerprint density at radius 3 is 2.75 bits per heavy atom. The van der Waals surface area contributed by atoms with Crippen LogP contribution >= 0.6 is 15.9 Å². The summed E-state index contributed by atoms with van der Waals surface area (Å²) in [7, 11) is 0. The molecule has 0 fully saturated rings. The second-order valence-corrected chi connectivity index (χ2v) is 6.17. The van der Waals surface area contributed by atoms with Crippen LogP contribution in [0.1, 0.15) is 17.7 Å². The van der Waals surface area contributed by atoms with Crippen LogP contribution in [0.25, 0.3) is 16.5 Å². The molecule has 1 heterocycles. The molecule has 2 aromatic carbocycles. The van der Waals surface area contributed by atoms with Gasteiger partial charge in [0.05, 0.1) is 5.69 Å². The number of anilines is 1. The van der Waals surface area contributed by atoms with Crippen molar-refractivity contribution in [3.05, 3.63) is 52.1 Å². The van der Waals surface area contributed by atoms with E-state index in [-0.39, 0.29) is 0 Å². The minimum atomic E-state index is 0.688. The van der Waals surface area contributed by atoms with Gasteiger partial charge in [0, 0.05) is 15.7 Å². The fraction of sp³-hybridized carbons (Fsp3) is 0.188. The van der Waals surface area contributed by atoms with Gasteiger partial charge in [0.2, 0.25) is 0 Å². The van der Waals surface area contributed by atoms with Crippen molar-refractivity contribution in [1.29, 1.82) is 0 Å². The van der Waals surface area contributed by atoms with Crippen LogP contribution in [0.15, 0.2) is 40.9 Å². The van der Waals surface area contributed by atoms with E-state index < -0.39 is 0 Å². The molecule has 100 valence electrons. The van der Waals surface area contributed by atoms with Crippen LogP contribution in [0.5, 0.6) is 0 Å². The number of nitrogen functional groups attached to an aromatic ring is 1. The highest BCUT2D eigenvalue weighted by Crippen LogP contribution is 2.30. The number of aromatic nitrogens is 2. The van der Waals surface area contributed by atoms with E-state index in [9.17, 15) is 0 Å². The van der Waals surface area contributed by atoms with Crippen LogP contribution in [0.3, 0.4) is 0 Å². The average molecular weight is 328 g/mol. The third kappa shape index (κ3) is 1.75. The predicted molar refractivity (Wildman–Crippen MR) is 85.2 cm³/mol. The van der Waals surface area contributed by atoms with Gasteiger partial charge in [-0.25, -0.2) is 4.68 Å². The highest BCUT2D eigenvalue weighted by Gasteiger charge is 2.21. The van der Waals surface area contributed by atoms with Crippen molar-refractivity contribution >= 4 is 32.5 Å². The van der Waals surface area contributed by atoms with Gasteiger partial charge in [0.15, 0.2) is 0 Å². The summed E-state index contributed by atoms with van der Waals surface area (Å²) in [5, 5.41) is 6.95. The van der Waals surface area contributed by atoms with Crippen LogP contribution in [0.4, 0.5) is 5.82 Å². The van der Waals surface area contributed by atoms with Gasteiger partial charge >= 0.3 is 0 Å². The molecule has 1 aliphatic carbocycles. The van der Waals surface area contributed by atoms with E-state index in [0.717, 1.165) is 23.0 Å². The predicted octanol–water partition coefficient (Wildman–Crippen LogP) is 3.86. The van der Waals surface area contributed by atoms with Crippen LogP contribution < -0.4 is 5.73 Å². The Balaban J connectivity index is 1.90. The Bertz CT molecular complexity index is 820. The van der Waals surface area contributed by atoms with Gasteiger partial charge in [-0.15, -0.1) is 0 Å². The van der Waals surface area contributed by atoms with Crippen molar-refractivity contribution in [2.75, 3.05) is 5.73 Å². The van der Waals surface area contributed by atoms with Crippen LogP contribution in [0.2, 0.25) is 0 Å². The topological polar surface area (TPSA) is 43.8 Å². The Labute approximate surface area is 125 Å². The van der Waals surface area contributed by atoms with Crippen molar-refractivity contribution in [1.82, 2.24) is 9.78 Å². The van der Waals surface area contributed by atoms with E-state index in [4.69, 9.17) is 5.73 Å². The monoisotopic (exact) mass is 327 g/mol. The number of benzene rings is 2. The molecule has 0 atom stereocenters. The first-order valence-corrected chi connectivity index (χ1v) is 7.57. The number of nitrogens with zero attached hydrogens (tertiary/aromatic N) is 2. The van der Waals surface area contributed by atoms with Crippen LogP contribution in [-0.4, -0.2) is 9.78 Å². The largest absolute Gasteiger partial charge is 0.382 e. The van der Waals surface area contributed by atoms with E-state index in [1.54, 1.807) is 0 Å². The summed E-state index contributed by atoms with van der Waals surface area (Å²) in [5.41, 5.74) is 9.63. The molecule has 0 amide bonds. The first kappa shape index (κ1) is 12.0. The van der Waals surface area contributed by atoms with E-state index >= 15 is 0 Å². The molecule has 0 saturated carbocycles. The molecule has 0 saturated heterocycles. The third-order valence-electron chi connectivity index (χ3n) is 3.99. The number of fused-ring (bicyclic) bond motifs is 2. The van der Waals surface area contributed by atoms with Crippen LogP contribution in [-0.2, 0) is 12.8 Å². The van der Waals surface area contributed by atoms with Gasteiger partial charge in [0.25, 0.3) is 0 Å². The fourth-order valence-electron chi connectivity index (χ4n) is 3.02. The van der Waals surface area contributed by atoms with Crippen molar-refractivity contribution in [3.8, 4) is 5.69 Å². The lowest BCUT2D eigenvalue weighted by atomic mass is 10.1. The van der Waals surface area contributed by atoms with Crippen molar-refractivity contribution in [2.24, 2.45) is 0 Å². The van der Waals surface area contributed by atoms with Crippen molar-refractivity contribution in [2.45, 2.75) is 19.3 Å². The molecule has 20 heavy (non-hydrogen) atoms. The molecule has 0 unspecified atom stereocenters. The molecule has 1 aliphatic rings. The molecule has 2 N–H and O–H groups in total. The van der Waals surface area contributed by atoms with E-state index in [1.807, 2.05) is 4.68 Å². The average Bonchev–Trinajstić information content (AvgIpc) is 3.03. The highest BCUT2D eigenvalue weighted by atomic mass is 79.9. The highest BCUT2D eigenvalue weighted by molar-refractivity contribution is 9.10. The summed E-state index contributed by atoms with van der Waals surface area (Å²) in [6.45, 7) is 0. The van der Waals surface area contributed by atoms with E-state index in [2.05, 4.69) is 57.4 Å². The Hall–Kier alpha value is -1.81. The molecular formula is C16H14BrN3. The number of nitrogens with two attached hydrogens (primary N) is 1. The summed E-state index contributed by atoms with van der Waals surface area (Å²) < 4.78 is 3.11. The number of rotatable bonds is 1. The smallest absolute Gasteiger partial charge is 0.149 e. The van der Waals surface area contributed by atoms with Gasteiger partial charge < -0.3 is 5.73 Å². The number of hydrogen-bond donors (Lipinski definition) is 1. The molecule has 4 rings (SSSR count). The molecule has 0 spiro atoms. The third-order valence-corrected chi connectivity index (χ3v) is 4.48. The Morgan fingerprint density at radius 1 is 1.05 bits per heavy atom. The molecule has 1 aromatic heterocycles. The zero-order valence-electron chi connectivity index (χ0n) is 10.9. The minimum Gasteiger partial charge on any atom is -0.382 e. The normalized spacial score (nSPS) is 13.8. The van der Waals surface area contributed by atoms with Gasteiger partial charge in [-0.1, -0.05) is 28.1 Å². The van der Waals surface area contributed by atoms with Gasteiger partial charge in [-0.2, -0.15) is 5.10 Å². The molecule has 3 nitrogen and oxygen atoms in total. The lowest BCUT2D eigenvalue weighted by molar-refractivity contribution is 0.789. The fourth-order valence-corrected chi connectivity index (χ4v) is 3.39. The standard InChI is InChI=1S/C16H14BrN3/c17-12-6-4-11-9-13(7-5-10(11)8-12)20-15-3-1-2-14(15)16(18)19-20/h4-9H,1-3H2,(H2,18,19). The Kier molecular flexibility index (Phi) is 2.60.